The van der Waals surface area contributed by atoms with Crippen molar-refractivity contribution in [3.05, 3.63) is 260 Å². The highest BCUT2D eigenvalue weighted by Gasteiger charge is 2.35. The third-order valence-electron chi connectivity index (χ3n) is 16.6. The van der Waals surface area contributed by atoms with Gasteiger partial charge in [-0.15, -0.1) is 0 Å². The van der Waals surface area contributed by atoms with Crippen molar-refractivity contribution in [3.63, 3.8) is 0 Å². The van der Waals surface area contributed by atoms with Crippen molar-refractivity contribution < 1.29 is 4.42 Å². The maximum atomic E-state index is 12.7. The van der Waals surface area contributed by atoms with Gasteiger partial charge in [-0.1, -0.05) is 188 Å². The Kier molecular flexibility index (Phi) is 8.85. The molecule has 5 heterocycles. The maximum Gasteiger partial charge on any atom is 0.237 e. The van der Waals surface area contributed by atoms with Gasteiger partial charge in [-0.25, -0.2) is 4.85 Å². The largest absolute Gasteiger partial charge is 0.454 e. The molecule has 0 N–H and O–H groups in total. The van der Waals surface area contributed by atoms with E-state index >= 15 is 0 Å². The second-order valence-corrected chi connectivity index (χ2v) is 20.5. The summed E-state index contributed by atoms with van der Waals surface area (Å²) in [5.41, 5.74) is 13.9. The van der Waals surface area contributed by atoms with Crippen molar-refractivity contribution >= 4 is 126 Å². The highest BCUT2D eigenvalue weighted by atomic mass is 16.3. The molecule has 0 aliphatic carbocycles. The molecule has 0 aliphatic heterocycles. The number of para-hydroxylation sites is 7. The fourth-order valence-electron chi connectivity index (χ4n) is 13.4. The Morgan fingerprint density at radius 2 is 0.785 bits per heavy atom. The first-order valence-corrected chi connectivity index (χ1v) is 26.5. The van der Waals surface area contributed by atoms with Crippen LogP contribution in [0.4, 0.5) is 5.69 Å². The van der Waals surface area contributed by atoms with Crippen LogP contribution in [-0.4, -0.2) is 18.3 Å². The van der Waals surface area contributed by atoms with Crippen molar-refractivity contribution in [2.24, 2.45) is 0 Å². The molecule has 17 rings (SSSR count). The van der Waals surface area contributed by atoms with E-state index < -0.39 is 0 Å². The quantitative estimate of drug-likeness (QED) is 0.161. The molecule has 5 aromatic heterocycles. The third-order valence-corrected chi connectivity index (χ3v) is 16.6. The van der Waals surface area contributed by atoms with E-state index in [4.69, 9.17) is 9.26 Å². The molecule has 0 amide bonds. The minimum absolute atomic E-state index is 0.325. The summed E-state index contributed by atoms with van der Waals surface area (Å²) in [6.07, 6.45) is 0. The van der Waals surface area contributed by atoms with Crippen LogP contribution >= 0.6 is 0 Å². The number of hydrogen-bond acceptors (Lipinski definition) is 2. The van der Waals surface area contributed by atoms with Crippen LogP contribution in [-0.2, 0) is 0 Å². The Morgan fingerprint density at radius 3 is 1.33 bits per heavy atom. The zero-order valence-corrected chi connectivity index (χ0v) is 42.2. The number of nitrogens with zero attached hydrogens (tertiary/aromatic N) is 6. The minimum atomic E-state index is 0.325. The zero-order valence-electron chi connectivity index (χ0n) is 42.2. The van der Waals surface area contributed by atoms with E-state index in [-0.39, 0.29) is 0 Å². The van der Waals surface area contributed by atoms with Gasteiger partial charge in [0.25, 0.3) is 0 Å². The molecular weight excluding hydrogens is 965 g/mol. The van der Waals surface area contributed by atoms with Gasteiger partial charge in [0.15, 0.2) is 5.58 Å². The first-order valence-electron chi connectivity index (χ1n) is 26.5. The Labute approximate surface area is 450 Å². The SMILES string of the molecule is [C-]#[N+]c1c(-n2c3ccccc3c3ccccc32)c(C#N)c(-n2c3ccccc3c3ccccc32)c(-n2c3cc(-c4cccc5ccccc45)ccc3c3ccc4c5ccccc5oc4c32)c1-n1c2ccccc2c2ccccc21. The summed E-state index contributed by atoms with van der Waals surface area (Å²) in [5.74, 6) is 0. The monoisotopic (exact) mass is 1000 g/mol. The summed E-state index contributed by atoms with van der Waals surface area (Å²) in [7, 11) is 0. The standard InChI is InChI=1S/C72H40N6O/c1-74-66-67(75-58-30-11-4-22-47(58)48-23-5-12-31-59(48)75)57(42-73)68(76-60-32-13-6-24-49(60)50-25-7-14-33-61(50)76)71(70(66)77-62-34-15-8-26-51(62)52-27-9-16-35-63(52)77)78-64-41-44(46-29-18-20-43-19-2-3-21-45(43)46)37-38-53(64)55-39-40-56-54-28-10-17-36-65(54)79-72(56)69(55)78/h2-41H. The molecule has 7 heteroatoms. The predicted molar refractivity (Wildman–Crippen MR) is 325 cm³/mol. The first-order chi connectivity index (χ1) is 39.2. The molecule has 0 atom stereocenters. The molecule has 79 heavy (non-hydrogen) atoms. The minimum Gasteiger partial charge on any atom is -0.454 e. The molecule has 364 valence electrons. The van der Waals surface area contributed by atoms with E-state index in [1.165, 1.54) is 0 Å². The molecule has 0 aliphatic rings. The van der Waals surface area contributed by atoms with Crippen LogP contribution in [0.15, 0.2) is 247 Å². The lowest BCUT2D eigenvalue weighted by Crippen LogP contribution is -2.14. The molecular formula is C72H40N6O. The number of benzene rings is 12. The molecule has 0 bridgehead atoms. The number of hydrogen-bond donors (Lipinski definition) is 0. The van der Waals surface area contributed by atoms with Gasteiger partial charge in [0.05, 0.1) is 79.0 Å². The van der Waals surface area contributed by atoms with Crippen molar-refractivity contribution in [1.29, 1.82) is 5.26 Å². The fraction of sp³-hybridized carbons (Fsp3) is 0. The van der Waals surface area contributed by atoms with Crippen LogP contribution < -0.4 is 0 Å². The topological polar surface area (TPSA) is 61.0 Å². The summed E-state index contributed by atoms with van der Waals surface area (Å²) < 4.78 is 16.3. The van der Waals surface area contributed by atoms with Gasteiger partial charge in [0, 0.05) is 53.9 Å². The van der Waals surface area contributed by atoms with E-state index in [2.05, 4.69) is 243 Å². The average Bonchev–Trinajstić information content (AvgIpc) is 4.22. The van der Waals surface area contributed by atoms with Crippen molar-refractivity contribution in [2.75, 3.05) is 0 Å². The lowest BCUT2D eigenvalue weighted by molar-refractivity contribution is 0.671. The molecule has 12 aromatic carbocycles. The second-order valence-electron chi connectivity index (χ2n) is 20.5. The van der Waals surface area contributed by atoms with E-state index in [0.29, 0.717) is 39.6 Å². The Bertz CT molecular complexity index is 5290. The molecule has 0 radical (unpaired) electrons. The van der Waals surface area contributed by atoms with E-state index in [1.807, 2.05) is 24.3 Å². The molecule has 0 fully saturated rings. The fourth-order valence-corrected chi connectivity index (χ4v) is 13.4. The molecule has 0 unspecified atom stereocenters. The summed E-state index contributed by atoms with van der Waals surface area (Å²) >= 11 is 0. The lowest BCUT2D eigenvalue weighted by Gasteiger charge is -2.27. The van der Waals surface area contributed by atoms with Gasteiger partial charge < -0.3 is 22.7 Å². The van der Waals surface area contributed by atoms with Crippen LogP contribution in [0.25, 0.3) is 159 Å². The van der Waals surface area contributed by atoms with Crippen LogP contribution in [0.3, 0.4) is 0 Å². The number of fused-ring (bicyclic) bond motifs is 17. The highest BCUT2D eigenvalue weighted by molar-refractivity contribution is 6.24. The molecule has 0 saturated carbocycles. The van der Waals surface area contributed by atoms with Gasteiger partial charge in [0.2, 0.25) is 5.69 Å². The first kappa shape index (κ1) is 43.2. The van der Waals surface area contributed by atoms with Crippen LogP contribution in [0.1, 0.15) is 5.56 Å². The molecule has 0 spiro atoms. The zero-order chi connectivity index (χ0) is 52.0. The van der Waals surface area contributed by atoms with Crippen molar-refractivity contribution in [3.8, 4) is 39.9 Å². The number of furan rings is 1. The van der Waals surface area contributed by atoms with Crippen LogP contribution in [0.5, 0.6) is 0 Å². The predicted octanol–water partition coefficient (Wildman–Crippen LogP) is 19.2. The van der Waals surface area contributed by atoms with Crippen LogP contribution in [0.2, 0.25) is 0 Å². The Morgan fingerprint density at radius 1 is 0.354 bits per heavy atom. The summed E-state index contributed by atoms with van der Waals surface area (Å²) in [5, 5.41) is 25.1. The highest BCUT2D eigenvalue weighted by Crippen LogP contribution is 2.53. The number of rotatable bonds is 5. The van der Waals surface area contributed by atoms with Gasteiger partial charge in [-0.05, 0) is 76.5 Å². The summed E-state index contributed by atoms with van der Waals surface area (Å²) in [6, 6.07) is 88.0. The lowest BCUT2D eigenvalue weighted by atomic mass is 9.97. The van der Waals surface area contributed by atoms with Crippen LogP contribution in [0, 0.1) is 17.9 Å². The third kappa shape index (κ3) is 5.77. The van der Waals surface area contributed by atoms with Gasteiger partial charge >= 0.3 is 0 Å². The number of aromatic nitrogens is 4. The molecule has 0 saturated heterocycles. The van der Waals surface area contributed by atoms with Crippen molar-refractivity contribution in [1.82, 2.24) is 18.3 Å². The van der Waals surface area contributed by atoms with Gasteiger partial charge in [-0.2, -0.15) is 5.26 Å². The maximum absolute atomic E-state index is 12.7. The molecule has 7 nitrogen and oxygen atoms in total. The average molecular weight is 1010 g/mol. The van der Waals surface area contributed by atoms with E-state index in [9.17, 15) is 11.8 Å². The summed E-state index contributed by atoms with van der Waals surface area (Å²) in [4.78, 5) is 4.80. The van der Waals surface area contributed by atoms with E-state index in [0.717, 1.165) is 125 Å². The normalized spacial score (nSPS) is 12.0. The van der Waals surface area contributed by atoms with Crippen molar-refractivity contribution in [2.45, 2.75) is 0 Å². The Hall–Kier alpha value is -11.1. The van der Waals surface area contributed by atoms with Gasteiger partial charge in [-0.3, -0.25) is 0 Å². The number of nitriles is 1. The summed E-state index contributed by atoms with van der Waals surface area (Å²) in [6.45, 7) is 9.87. The van der Waals surface area contributed by atoms with Gasteiger partial charge in [0.1, 0.15) is 11.7 Å². The molecule has 17 aromatic rings. The Balaban J connectivity index is 1.20. The van der Waals surface area contributed by atoms with E-state index in [1.54, 1.807) is 0 Å². The smallest absolute Gasteiger partial charge is 0.237 e. The second kappa shape index (κ2) is 16.2.